The third kappa shape index (κ3) is 1.59. The number of carboxylic acids is 1. The van der Waals surface area contributed by atoms with Crippen molar-refractivity contribution in [2.75, 3.05) is 0 Å². The first-order valence-electron chi connectivity index (χ1n) is 4.01. The molecule has 0 heterocycles. The molecule has 0 aromatic rings. The van der Waals surface area contributed by atoms with Crippen molar-refractivity contribution in [2.24, 2.45) is 17.2 Å². The van der Waals surface area contributed by atoms with E-state index in [1.165, 1.54) is 6.08 Å². The maximum atomic E-state index is 10.8. The van der Waals surface area contributed by atoms with Gasteiger partial charge < -0.3 is 5.11 Å². The quantitative estimate of drug-likeness (QED) is 0.760. The fourth-order valence-corrected chi connectivity index (χ4v) is 1.66. The summed E-state index contributed by atoms with van der Waals surface area (Å²) in [6, 6.07) is 0. The summed E-state index contributed by atoms with van der Waals surface area (Å²) >= 11 is 10.8. The highest BCUT2D eigenvalue weighted by Gasteiger charge is 2.60. The van der Waals surface area contributed by atoms with E-state index < -0.39 is 23.2 Å². The molecular weight excluding hydrogens is 199 g/mol. The van der Waals surface area contributed by atoms with Gasteiger partial charge in [-0.15, -0.1) is 0 Å². The predicted molar refractivity (Wildman–Crippen MR) is 48.2 cm³/mol. The topological polar surface area (TPSA) is 37.3 Å². The third-order valence-corrected chi connectivity index (χ3v) is 2.47. The molecule has 1 fully saturated rings. The lowest BCUT2D eigenvalue weighted by Gasteiger charge is -1.96. The molecule has 12 heavy (non-hydrogen) atoms. The average Bonchev–Trinajstić information content (AvgIpc) is 2.35. The summed E-state index contributed by atoms with van der Waals surface area (Å²) in [6.45, 7) is 3.43. The van der Waals surface area contributed by atoms with E-state index in [9.17, 15) is 4.79 Å². The van der Waals surface area contributed by atoms with Crippen molar-refractivity contribution in [3.8, 4) is 0 Å². The van der Waals surface area contributed by atoms with Crippen molar-refractivity contribution in [3.05, 3.63) is 10.6 Å². The van der Waals surface area contributed by atoms with Crippen LogP contribution in [-0.4, -0.2) is 11.1 Å². The Bertz CT molecular complexity index is 284. The van der Waals surface area contributed by atoms with E-state index in [-0.39, 0.29) is 4.49 Å². The van der Waals surface area contributed by atoms with E-state index in [2.05, 4.69) is 0 Å². The molecule has 0 spiro atoms. The zero-order valence-electron chi connectivity index (χ0n) is 7.77. The van der Waals surface area contributed by atoms with Crippen molar-refractivity contribution >= 4 is 29.2 Å². The Kier molecular flexibility index (Phi) is 2.05. The van der Waals surface area contributed by atoms with Gasteiger partial charge in [-0.2, -0.15) is 0 Å². The molecule has 1 rings (SSSR count). The molecular formula is C8H10Cl2O2. The Labute approximate surface area is 82.6 Å². The molecule has 0 unspecified atom stereocenters. The largest absolute Gasteiger partial charge is 0.481 e. The molecule has 2 atom stereocenters. The van der Waals surface area contributed by atoms with Crippen molar-refractivity contribution < 1.29 is 11.3 Å². The van der Waals surface area contributed by atoms with Gasteiger partial charge in [-0.25, -0.2) is 0 Å². The molecule has 0 aromatic heterocycles. The molecule has 1 N–H and O–H groups in total. The first kappa shape index (κ1) is 8.39. The van der Waals surface area contributed by atoms with Crippen molar-refractivity contribution in [2.45, 2.75) is 13.8 Å². The number of aliphatic carboxylic acids is 1. The zero-order chi connectivity index (χ0) is 10.4. The summed E-state index contributed by atoms with van der Waals surface area (Å²) in [5.74, 6) is -3.03. The van der Waals surface area contributed by atoms with Crippen molar-refractivity contribution in [1.82, 2.24) is 0 Å². The Morgan fingerprint density at radius 1 is 1.67 bits per heavy atom. The lowest BCUT2D eigenvalue weighted by Crippen LogP contribution is -2.02. The number of carbonyl (C=O) groups is 1. The van der Waals surface area contributed by atoms with Crippen LogP contribution in [0.15, 0.2) is 10.6 Å². The monoisotopic (exact) mass is 209 g/mol. The Balaban J connectivity index is 2.95. The minimum atomic E-state index is -1.48. The van der Waals surface area contributed by atoms with Crippen molar-refractivity contribution in [1.29, 1.82) is 0 Å². The number of hydrogen-bond donors (Lipinski definition) is 1. The number of hydrogen-bond acceptors (Lipinski definition) is 1. The summed E-state index contributed by atoms with van der Waals surface area (Å²) in [4.78, 5) is 10.8. The van der Waals surface area contributed by atoms with E-state index in [0.717, 1.165) is 0 Å². The highest BCUT2D eigenvalue weighted by Crippen LogP contribution is 2.59. The standard InChI is InChI=1S/C8H10Cl2O2/c1-8(2)4(3-5(9)10)6(8)7(11)12/h3-4,6H,1-2H3,(H,11,12)/t4-,6-/m0/s1/i6D. The normalized spacial score (nSPS) is 38.3. The van der Waals surface area contributed by atoms with Gasteiger partial charge in [0.05, 0.1) is 5.89 Å². The molecule has 1 aliphatic carbocycles. The van der Waals surface area contributed by atoms with Gasteiger partial charge in [0.25, 0.3) is 0 Å². The number of carboxylic acid groups (broad SMARTS) is 1. The van der Waals surface area contributed by atoms with Gasteiger partial charge in [-0.3, -0.25) is 4.79 Å². The number of allylic oxidation sites excluding steroid dienone is 1. The fraction of sp³-hybridized carbons (Fsp3) is 0.625. The van der Waals surface area contributed by atoms with Crippen LogP contribution in [-0.2, 0) is 4.79 Å². The summed E-state index contributed by atoms with van der Waals surface area (Å²) in [5, 5.41) is 8.83. The molecule has 2 nitrogen and oxygen atoms in total. The molecule has 0 saturated heterocycles. The minimum absolute atomic E-state index is 0.0217. The lowest BCUT2D eigenvalue weighted by atomic mass is 10.1. The van der Waals surface area contributed by atoms with E-state index >= 15 is 0 Å². The predicted octanol–water partition coefficient (Wildman–Crippen LogP) is 2.66. The molecule has 0 aliphatic heterocycles. The smallest absolute Gasteiger partial charge is 0.307 e. The molecule has 68 valence electrons. The van der Waals surface area contributed by atoms with Crippen LogP contribution in [0.1, 0.15) is 15.2 Å². The van der Waals surface area contributed by atoms with E-state index in [4.69, 9.17) is 29.7 Å². The molecule has 1 saturated carbocycles. The summed E-state index contributed by atoms with van der Waals surface area (Å²) in [6.07, 6.45) is 1.42. The molecule has 0 amide bonds. The molecule has 1 aliphatic rings. The van der Waals surface area contributed by atoms with Crippen LogP contribution in [0.4, 0.5) is 0 Å². The highest BCUT2D eigenvalue weighted by molar-refractivity contribution is 6.55. The maximum absolute atomic E-state index is 10.8. The zero-order valence-corrected chi connectivity index (χ0v) is 8.28. The first-order chi connectivity index (χ1) is 5.74. The van der Waals surface area contributed by atoms with Gasteiger partial charge >= 0.3 is 5.97 Å². The van der Waals surface area contributed by atoms with E-state index in [1.54, 1.807) is 13.8 Å². The average molecular weight is 210 g/mol. The fourth-order valence-electron chi connectivity index (χ4n) is 1.41. The Morgan fingerprint density at radius 2 is 2.17 bits per heavy atom. The number of halogens is 2. The highest BCUT2D eigenvalue weighted by atomic mass is 35.5. The van der Waals surface area contributed by atoms with Gasteiger partial charge in [-0.1, -0.05) is 37.0 Å². The van der Waals surface area contributed by atoms with Crippen LogP contribution >= 0.6 is 23.2 Å². The van der Waals surface area contributed by atoms with Crippen LogP contribution in [0.25, 0.3) is 0 Å². The summed E-state index contributed by atoms with van der Waals surface area (Å²) in [7, 11) is 0. The molecule has 0 bridgehead atoms. The van der Waals surface area contributed by atoms with Gasteiger partial charge in [0.2, 0.25) is 0 Å². The number of rotatable bonds is 2. The van der Waals surface area contributed by atoms with Gasteiger partial charge in [0.1, 0.15) is 4.49 Å². The second-order valence-electron chi connectivity index (χ2n) is 3.37. The first-order valence-corrected chi connectivity index (χ1v) is 4.26. The van der Waals surface area contributed by atoms with Crippen LogP contribution in [0, 0.1) is 17.2 Å². The van der Waals surface area contributed by atoms with E-state index in [0.29, 0.717) is 0 Å². The molecule has 4 heteroatoms. The van der Waals surface area contributed by atoms with Crippen LogP contribution in [0.2, 0.25) is 0 Å². The van der Waals surface area contributed by atoms with E-state index in [1.807, 2.05) is 0 Å². The minimum Gasteiger partial charge on any atom is -0.481 e. The Hall–Kier alpha value is -0.210. The van der Waals surface area contributed by atoms with Crippen LogP contribution < -0.4 is 0 Å². The summed E-state index contributed by atoms with van der Waals surface area (Å²) in [5.41, 5.74) is -0.603. The van der Waals surface area contributed by atoms with Gasteiger partial charge in [0, 0.05) is 1.37 Å². The van der Waals surface area contributed by atoms with Gasteiger partial charge in [-0.05, 0) is 17.4 Å². The second kappa shape index (κ2) is 2.93. The van der Waals surface area contributed by atoms with Crippen molar-refractivity contribution in [3.63, 3.8) is 0 Å². The molecule has 0 aromatic carbocycles. The SMILES string of the molecule is [2H][C@@]1(C(=O)O)[C@H](C=C(Cl)Cl)C1(C)C. The maximum Gasteiger partial charge on any atom is 0.307 e. The molecule has 0 radical (unpaired) electrons. The van der Waals surface area contributed by atoms with Crippen LogP contribution in [0.3, 0.4) is 0 Å². The van der Waals surface area contributed by atoms with Gasteiger partial charge in [0.15, 0.2) is 0 Å². The lowest BCUT2D eigenvalue weighted by molar-refractivity contribution is -0.139. The second-order valence-corrected chi connectivity index (χ2v) is 4.38. The third-order valence-electron chi connectivity index (χ3n) is 2.22. The van der Waals surface area contributed by atoms with Crippen LogP contribution in [0.5, 0.6) is 0 Å². The Morgan fingerprint density at radius 3 is 2.42 bits per heavy atom. The summed E-state index contributed by atoms with van der Waals surface area (Å²) < 4.78 is 7.71.